The molecule has 0 radical (unpaired) electrons. The van der Waals surface area contributed by atoms with Crippen LogP contribution in [0.2, 0.25) is 0 Å². The third-order valence-corrected chi connectivity index (χ3v) is 3.07. The molecule has 0 aliphatic heterocycles. The number of rotatable bonds is 7. The third kappa shape index (κ3) is 4.20. The lowest BCUT2D eigenvalue weighted by Crippen LogP contribution is -2.21. The molecule has 0 aliphatic carbocycles. The number of benzene rings is 1. The maximum atomic E-state index is 12.0. The molecule has 0 saturated carbocycles. The van der Waals surface area contributed by atoms with Crippen LogP contribution in [0.4, 0.5) is 5.95 Å². The number of carbonyl (C=O) groups excluding carboxylic acids is 1. The molecule has 25 heavy (non-hydrogen) atoms. The van der Waals surface area contributed by atoms with E-state index in [0.29, 0.717) is 16.9 Å². The van der Waals surface area contributed by atoms with E-state index in [1.807, 2.05) is 24.3 Å². The number of ether oxygens (including phenoxy) is 2. The number of hydrogen-bond donors (Lipinski definition) is 2. The molecule has 0 bridgehead atoms. The van der Waals surface area contributed by atoms with E-state index in [-0.39, 0.29) is 31.5 Å². The predicted molar refractivity (Wildman–Crippen MR) is 88.0 cm³/mol. The molecule has 3 rings (SSSR count). The average Bonchev–Trinajstić information content (AvgIpc) is 3.10. The number of nitrogens with zero attached hydrogens (tertiary/aromatic N) is 4. The average molecular weight is 338 g/mol. The van der Waals surface area contributed by atoms with Crippen LogP contribution >= 0.6 is 0 Å². The highest BCUT2D eigenvalue weighted by Gasteiger charge is 2.13. The second kappa shape index (κ2) is 7.74. The molecule has 0 aliphatic rings. The maximum Gasteiger partial charge on any atom is 0.264 e. The van der Waals surface area contributed by atoms with E-state index in [0.717, 1.165) is 0 Å². The molecule has 0 fully saturated rings. The van der Waals surface area contributed by atoms with Crippen LogP contribution in [-0.4, -0.2) is 39.1 Å². The summed E-state index contributed by atoms with van der Waals surface area (Å²) in [5.41, 5.74) is 0.845. The molecular weight excluding hydrogens is 324 g/mol. The Kier molecular flexibility index (Phi) is 5.01. The highest BCUT2D eigenvalue weighted by molar-refractivity contribution is 5.91. The van der Waals surface area contributed by atoms with Gasteiger partial charge >= 0.3 is 0 Å². The Labute approximate surface area is 142 Å². The number of H-pyrrole nitrogens is 1. The first-order valence-electron chi connectivity index (χ1n) is 7.45. The largest absolute Gasteiger partial charge is 0.484 e. The van der Waals surface area contributed by atoms with E-state index in [2.05, 4.69) is 25.3 Å². The zero-order valence-electron chi connectivity index (χ0n) is 13.1. The monoisotopic (exact) mass is 338 g/mol. The molecule has 9 nitrogen and oxygen atoms in total. The van der Waals surface area contributed by atoms with Crippen molar-refractivity contribution in [3.63, 3.8) is 0 Å². The van der Waals surface area contributed by atoms with Crippen LogP contribution in [0.25, 0.3) is 11.2 Å². The fraction of sp³-hybridized carbons (Fsp3) is 0.188. The number of imidazole rings is 1. The SMILES string of the molecule is N#CCCOc1nc(NC(=O)COc2ccccc2)nc2nc[nH]c12. The van der Waals surface area contributed by atoms with Crippen LogP contribution in [0.5, 0.6) is 11.6 Å². The van der Waals surface area contributed by atoms with Crippen LogP contribution in [0.1, 0.15) is 6.42 Å². The summed E-state index contributed by atoms with van der Waals surface area (Å²) >= 11 is 0. The van der Waals surface area contributed by atoms with Gasteiger partial charge in [0.25, 0.3) is 5.91 Å². The molecule has 0 atom stereocenters. The van der Waals surface area contributed by atoms with E-state index in [1.165, 1.54) is 6.33 Å². The Hall–Kier alpha value is -3.67. The first kappa shape index (κ1) is 16.2. The molecule has 1 amide bonds. The number of aromatic amines is 1. The molecule has 2 heterocycles. The van der Waals surface area contributed by atoms with Crippen molar-refractivity contribution in [1.29, 1.82) is 5.26 Å². The third-order valence-electron chi connectivity index (χ3n) is 3.07. The zero-order valence-corrected chi connectivity index (χ0v) is 13.1. The van der Waals surface area contributed by atoms with Gasteiger partial charge in [-0.25, -0.2) is 4.98 Å². The van der Waals surface area contributed by atoms with Crippen molar-refractivity contribution in [2.45, 2.75) is 6.42 Å². The van der Waals surface area contributed by atoms with Gasteiger partial charge in [0.2, 0.25) is 11.8 Å². The molecule has 126 valence electrons. The Bertz CT molecular complexity index is 903. The second-order valence-corrected chi connectivity index (χ2v) is 4.86. The van der Waals surface area contributed by atoms with E-state index in [1.54, 1.807) is 12.1 Å². The van der Waals surface area contributed by atoms with Crippen LogP contribution in [0.15, 0.2) is 36.7 Å². The van der Waals surface area contributed by atoms with Gasteiger partial charge in [-0.1, -0.05) is 18.2 Å². The molecule has 0 spiro atoms. The summed E-state index contributed by atoms with van der Waals surface area (Å²) in [5, 5.41) is 11.1. The standard InChI is InChI=1S/C16H14N6O3/c17-7-4-8-24-15-13-14(19-10-18-13)21-16(22-15)20-12(23)9-25-11-5-2-1-3-6-11/h1-3,5-6,10H,4,8-9H2,(H2,18,19,20,21,22,23). The Morgan fingerprint density at radius 1 is 1.24 bits per heavy atom. The Balaban J connectivity index is 1.68. The Morgan fingerprint density at radius 3 is 2.88 bits per heavy atom. The van der Waals surface area contributed by atoms with Gasteiger partial charge < -0.3 is 14.5 Å². The number of hydrogen-bond acceptors (Lipinski definition) is 7. The lowest BCUT2D eigenvalue weighted by atomic mass is 10.3. The van der Waals surface area contributed by atoms with Crippen LogP contribution < -0.4 is 14.8 Å². The van der Waals surface area contributed by atoms with Gasteiger partial charge in [-0.2, -0.15) is 15.2 Å². The molecule has 0 saturated heterocycles. The fourth-order valence-electron chi connectivity index (χ4n) is 1.99. The van der Waals surface area contributed by atoms with Gasteiger partial charge in [-0.15, -0.1) is 0 Å². The summed E-state index contributed by atoms with van der Waals surface area (Å²) in [6.45, 7) is -0.0112. The van der Waals surface area contributed by atoms with Gasteiger partial charge in [0.15, 0.2) is 12.3 Å². The zero-order chi connectivity index (χ0) is 17.5. The molecule has 2 aromatic heterocycles. The summed E-state index contributed by atoms with van der Waals surface area (Å²) < 4.78 is 10.8. The molecular formula is C16H14N6O3. The molecule has 2 N–H and O–H groups in total. The number of carbonyl (C=O) groups is 1. The van der Waals surface area contributed by atoms with Gasteiger partial charge in [0, 0.05) is 0 Å². The van der Waals surface area contributed by atoms with E-state index < -0.39 is 5.91 Å². The minimum absolute atomic E-state index is 0.0493. The van der Waals surface area contributed by atoms with Gasteiger partial charge in [0.05, 0.1) is 18.8 Å². The van der Waals surface area contributed by atoms with Crippen LogP contribution in [-0.2, 0) is 4.79 Å². The minimum atomic E-state index is -0.415. The van der Waals surface area contributed by atoms with E-state index in [4.69, 9.17) is 14.7 Å². The first-order valence-corrected chi connectivity index (χ1v) is 7.45. The van der Waals surface area contributed by atoms with Crippen molar-refractivity contribution >= 4 is 23.0 Å². The summed E-state index contributed by atoms with van der Waals surface area (Å²) in [6, 6.07) is 11.0. The number of anilines is 1. The predicted octanol–water partition coefficient (Wildman–Crippen LogP) is 1.66. The van der Waals surface area contributed by atoms with Gasteiger partial charge in [-0.05, 0) is 12.1 Å². The summed E-state index contributed by atoms with van der Waals surface area (Å²) in [5.74, 6) is 0.439. The quantitative estimate of drug-likeness (QED) is 0.627. The summed E-state index contributed by atoms with van der Waals surface area (Å²) in [6.07, 6.45) is 1.66. The highest BCUT2D eigenvalue weighted by atomic mass is 16.5. The summed E-state index contributed by atoms with van der Waals surface area (Å²) in [4.78, 5) is 27.2. The maximum absolute atomic E-state index is 12.0. The number of nitriles is 1. The van der Waals surface area contributed by atoms with Crippen LogP contribution in [0.3, 0.4) is 0 Å². The number of amides is 1. The lowest BCUT2D eigenvalue weighted by Gasteiger charge is -2.08. The van der Waals surface area contributed by atoms with Crippen molar-refractivity contribution in [3.05, 3.63) is 36.7 Å². The minimum Gasteiger partial charge on any atom is -0.484 e. The lowest BCUT2D eigenvalue weighted by molar-refractivity contribution is -0.118. The van der Waals surface area contributed by atoms with Crippen molar-refractivity contribution in [1.82, 2.24) is 19.9 Å². The van der Waals surface area contributed by atoms with E-state index in [9.17, 15) is 4.79 Å². The van der Waals surface area contributed by atoms with Crippen molar-refractivity contribution in [2.24, 2.45) is 0 Å². The van der Waals surface area contributed by atoms with E-state index >= 15 is 0 Å². The van der Waals surface area contributed by atoms with Crippen molar-refractivity contribution in [3.8, 4) is 17.7 Å². The smallest absolute Gasteiger partial charge is 0.264 e. The second-order valence-electron chi connectivity index (χ2n) is 4.86. The van der Waals surface area contributed by atoms with Gasteiger partial charge in [0.1, 0.15) is 17.9 Å². The number of nitrogens with one attached hydrogen (secondary N) is 2. The number of para-hydroxylation sites is 1. The number of fused-ring (bicyclic) bond motifs is 1. The normalized spacial score (nSPS) is 10.2. The van der Waals surface area contributed by atoms with Gasteiger partial charge in [-0.3, -0.25) is 10.1 Å². The molecule has 9 heteroatoms. The van der Waals surface area contributed by atoms with Crippen LogP contribution in [0, 0.1) is 11.3 Å². The Morgan fingerprint density at radius 2 is 2.08 bits per heavy atom. The highest BCUT2D eigenvalue weighted by Crippen LogP contribution is 2.21. The van der Waals surface area contributed by atoms with Crippen molar-refractivity contribution < 1.29 is 14.3 Å². The topological polar surface area (TPSA) is 126 Å². The fourth-order valence-corrected chi connectivity index (χ4v) is 1.99. The number of aromatic nitrogens is 4. The first-order chi connectivity index (χ1) is 12.3. The molecule has 3 aromatic rings. The van der Waals surface area contributed by atoms with Crippen molar-refractivity contribution in [2.75, 3.05) is 18.5 Å². The molecule has 0 unspecified atom stereocenters. The molecule has 1 aromatic carbocycles. The summed E-state index contributed by atoms with van der Waals surface area (Å²) in [7, 11) is 0.